The monoisotopic (exact) mass is 296 g/mol. The maximum Gasteiger partial charge on any atom is 0.433 e. The molecule has 0 saturated heterocycles. The second-order valence-electron chi connectivity index (χ2n) is 4.58. The van der Waals surface area contributed by atoms with Crippen molar-refractivity contribution in [3.05, 3.63) is 41.1 Å². The summed E-state index contributed by atoms with van der Waals surface area (Å²) in [4.78, 5) is 7.42. The predicted molar refractivity (Wildman–Crippen MR) is 75.8 cm³/mol. The van der Waals surface area contributed by atoms with E-state index in [4.69, 9.17) is 0 Å². The van der Waals surface area contributed by atoms with Gasteiger partial charge in [-0.2, -0.15) is 18.2 Å². The van der Waals surface area contributed by atoms with Crippen LogP contribution < -0.4 is 10.6 Å². The van der Waals surface area contributed by atoms with Crippen molar-refractivity contribution in [2.45, 2.75) is 20.0 Å². The van der Waals surface area contributed by atoms with E-state index in [2.05, 4.69) is 20.6 Å². The average Bonchev–Trinajstić information content (AvgIpc) is 2.42. The molecule has 2 aromatic rings. The van der Waals surface area contributed by atoms with E-state index >= 15 is 0 Å². The molecule has 0 saturated carbocycles. The molecule has 1 heterocycles. The van der Waals surface area contributed by atoms with Gasteiger partial charge in [-0.25, -0.2) is 4.98 Å². The first-order valence-corrected chi connectivity index (χ1v) is 6.28. The maximum absolute atomic E-state index is 12.8. The Balaban J connectivity index is 2.42. The molecule has 0 radical (unpaired) electrons. The van der Waals surface area contributed by atoms with Gasteiger partial charge in [-0.1, -0.05) is 12.1 Å². The van der Waals surface area contributed by atoms with Crippen molar-refractivity contribution < 1.29 is 13.2 Å². The van der Waals surface area contributed by atoms with Gasteiger partial charge in [0.05, 0.1) is 0 Å². The van der Waals surface area contributed by atoms with E-state index in [9.17, 15) is 13.2 Å². The molecule has 0 amide bonds. The highest BCUT2D eigenvalue weighted by atomic mass is 19.4. The molecule has 1 aromatic carbocycles. The quantitative estimate of drug-likeness (QED) is 0.902. The van der Waals surface area contributed by atoms with Gasteiger partial charge in [0, 0.05) is 18.8 Å². The van der Waals surface area contributed by atoms with Crippen LogP contribution in [-0.2, 0) is 6.18 Å². The minimum Gasteiger partial charge on any atom is -0.357 e. The van der Waals surface area contributed by atoms with Gasteiger partial charge in [0.25, 0.3) is 0 Å². The third-order valence-corrected chi connectivity index (χ3v) is 3.11. The van der Waals surface area contributed by atoms with E-state index < -0.39 is 11.9 Å². The lowest BCUT2D eigenvalue weighted by molar-refractivity contribution is -0.141. The fourth-order valence-electron chi connectivity index (χ4n) is 1.79. The Morgan fingerprint density at radius 2 is 1.81 bits per heavy atom. The van der Waals surface area contributed by atoms with E-state index in [1.54, 1.807) is 6.07 Å². The Bertz CT molecular complexity index is 653. The molecule has 0 aliphatic heterocycles. The molecule has 0 fully saturated rings. The number of nitrogens with zero attached hydrogens (tertiary/aromatic N) is 2. The Morgan fingerprint density at radius 1 is 1.10 bits per heavy atom. The predicted octanol–water partition coefficient (Wildman–Crippen LogP) is 3.90. The molecule has 0 aliphatic rings. The smallest absolute Gasteiger partial charge is 0.357 e. The SMILES string of the molecule is CNc1nc(Nc2cccc(C)c2C)cc(C(F)(F)F)n1. The highest BCUT2D eigenvalue weighted by Crippen LogP contribution is 2.31. The highest BCUT2D eigenvalue weighted by molar-refractivity contribution is 5.63. The Morgan fingerprint density at radius 3 is 2.43 bits per heavy atom. The third-order valence-electron chi connectivity index (χ3n) is 3.11. The summed E-state index contributed by atoms with van der Waals surface area (Å²) in [6.07, 6.45) is -4.52. The molecule has 0 unspecified atom stereocenters. The van der Waals surface area contributed by atoms with Crippen molar-refractivity contribution in [3.63, 3.8) is 0 Å². The molecule has 1 aromatic heterocycles. The van der Waals surface area contributed by atoms with Crippen LogP contribution in [-0.4, -0.2) is 17.0 Å². The fourth-order valence-corrected chi connectivity index (χ4v) is 1.79. The lowest BCUT2D eigenvalue weighted by Gasteiger charge is -2.13. The topological polar surface area (TPSA) is 49.8 Å². The molecule has 4 nitrogen and oxygen atoms in total. The third kappa shape index (κ3) is 3.42. The first-order chi connectivity index (χ1) is 9.81. The van der Waals surface area contributed by atoms with Crippen molar-refractivity contribution in [1.29, 1.82) is 0 Å². The Hall–Kier alpha value is -2.31. The lowest BCUT2D eigenvalue weighted by Crippen LogP contribution is -2.12. The van der Waals surface area contributed by atoms with Gasteiger partial charge >= 0.3 is 6.18 Å². The molecular weight excluding hydrogens is 281 g/mol. The van der Waals surface area contributed by atoms with Crippen LogP contribution in [0.2, 0.25) is 0 Å². The van der Waals surface area contributed by atoms with Crippen molar-refractivity contribution in [2.75, 3.05) is 17.7 Å². The van der Waals surface area contributed by atoms with Crippen molar-refractivity contribution in [1.82, 2.24) is 9.97 Å². The van der Waals surface area contributed by atoms with Crippen LogP contribution in [0.25, 0.3) is 0 Å². The van der Waals surface area contributed by atoms with Gasteiger partial charge in [-0.3, -0.25) is 0 Å². The highest BCUT2D eigenvalue weighted by Gasteiger charge is 2.33. The molecule has 7 heteroatoms. The first-order valence-electron chi connectivity index (χ1n) is 6.28. The molecule has 0 bridgehead atoms. The summed E-state index contributed by atoms with van der Waals surface area (Å²) in [5, 5.41) is 5.44. The van der Waals surface area contributed by atoms with Gasteiger partial charge in [-0.15, -0.1) is 0 Å². The van der Waals surface area contributed by atoms with Crippen molar-refractivity contribution in [2.24, 2.45) is 0 Å². The Labute approximate surface area is 120 Å². The molecule has 2 N–H and O–H groups in total. The summed E-state index contributed by atoms with van der Waals surface area (Å²) in [5.41, 5.74) is 1.72. The summed E-state index contributed by atoms with van der Waals surface area (Å²) in [5.74, 6) is 0.00741. The number of nitrogens with one attached hydrogen (secondary N) is 2. The number of hydrogen-bond acceptors (Lipinski definition) is 4. The molecule has 2 rings (SSSR count). The zero-order chi connectivity index (χ0) is 15.6. The van der Waals surface area contributed by atoms with E-state index in [0.717, 1.165) is 17.2 Å². The molecule has 0 aliphatic carbocycles. The summed E-state index contributed by atoms with van der Waals surface area (Å²) < 4.78 is 38.5. The standard InChI is InChI=1S/C14H15F3N4/c1-8-5-4-6-10(9(8)2)19-12-7-11(14(15,16)17)20-13(18-3)21-12/h4-7H,1-3H3,(H2,18,19,20,21). The number of alkyl halides is 3. The van der Waals surface area contributed by atoms with Gasteiger partial charge < -0.3 is 10.6 Å². The fraction of sp³-hybridized carbons (Fsp3) is 0.286. The molecular formula is C14H15F3N4. The summed E-state index contributed by atoms with van der Waals surface area (Å²) in [7, 11) is 1.47. The summed E-state index contributed by atoms with van der Waals surface area (Å²) in [6, 6.07) is 6.44. The molecule has 0 spiro atoms. The second-order valence-corrected chi connectivity index (χ2v) is 4.58. The summed E-state index contributed by atoms with van der Waals surface area (Å²) in [6.45, 7) is 3.82. The molecule has 112 valence electrons. The van der Waals surface area contributed by atoms with E-state index in [1.165, 1.54) is 7.05 Å². The van der Waals surface area contributed by atoms with Crippen LogP contribution >= 0.6 is 0 Å². The van der Waals surface area contributed by atoms with Crippen LogP contribution in [0, 0.1) is 13.8 Å². The van der Waals surface area contributed by atoms with Crippen LogP contribution in [0.4, 0.5) is 30.6 Å². The number of aromatic nitrogens is 2. The number of halogens is 3. The zero-order valence-electron chi connectivity index (χ0n) is 11.8. The van der Waals surface area contributed by atoms with E-state index in [1.807, 2.05) is 26.0 Å². The number of anilines is 3. The second kappa shape index (κ2) is 5.59. The zero-order valence-corrected chi connectivity index (χ0v) is 11.8. The van der Waals surface area contributed by atoms with Gasteiger partial charge in [0.1, 0.15) is 5.82 Å². The largest absolute Gasteiger partial charge is 0.433 e. The van der Waals surface area contributed by atoms with Crippen LogP contribution in [0.5, 0.6) is 0 Å². The maximum atomic E-state index is 12.8. The van der Waals surface area contributed by atoms with E-state index in [0.29, 0.717) is 5.69 Å². The summed E-state index contributed by atoms with van der Waals surface area (Å²) >= 11 is 0. The van der Waals surface area contributed by atoms with Crippen LogP contribution in [0.3, 0.4) is 0 Å². The number of rotatable bonds is 3. The molecule has 21 heavy (non-hydrogen) atoms. The van der Waals surface area contributed by atoms with Gasteiger partial charge in [0.2, 0.25) is 5.95 Å². The van der Waals surface area contributed by atoms with Gasteiger partial charge in [0.15, 0.2) is 5.69 Å². The minimum atomic E-state index is -4.52. The minimum absolute atomic E-state index is 0.0855. The van der Waals surface area contributed by atoms with Gasteiger partial charge in [-0.05, 0) is 31.0 Å². The number of benzene rings is 1. The van der Waals surface area contributed by atoms with E-state index in [-0.39, 0.29) is 11.8 Å². The number of hydrogen-bond donors (Lipinski definition) is 2. The normalized spacial score (nSPS) is 11.3. The first kappa shape index (κ1) is 15.1. The van der Waals surface area contributed by atoms with Crippen molar-refractivity contribution in [3.8, 4) is 0 Å². The van der Waals surface area contributed by atoms with Crippen molar-refractivity contribution >= 4 is 17.5 Å². The Kier molecular flexibility index (Phi) is 4.02. The lowest BCUT2D eigenvalue weighted by atomic mass is 10.1. The number of aryl methyl sites for hydroxylation is 1. The average molecular weight is 296 g/mol. The van der Waals surface area contributed by atoms with Crippen LogP contribution in [0.15, 0.2) is 24.3 Å². The molecule has 0 atom stereocenters. The van der Waals surface area contributed by atoms with Crippen LogP contribution in [0.1, 0.15) is 16.8 Å².